The van der Waals surface area contributed by atoms with Gasteiger partial charge in [-0.25, -0.2) is 0 Å². The molecule has 2 aliphatic rings. The van der Waals surface area contributed by atoms with Crippen molar-refractivity contribution in [1.82, 2.24) is 10.2 Å². The van der Waals surface area contributed by atoms with Crippen LogP contribution in [0, 0.1) is 5.92 Å². The number of ether oxygens (including phenoxy) is 1. The van der Waals surface area contributed by atoms with Gasteiger partial charge in [-0.3, -0.25) is 0 Å². The van der Waals surface area contributed by atoms with E-state index in [0.717, 1.165) is 25.6 Å². The fourth-order valence-electron chi connectivity index (χ4n) is 2.69. The molecule has 16 heavy (non-hydrogen) atoms. The summed E-state index contributed by atoms with van der Waals surface area (Å²) < 4.78 is 5.67. The number of hydrogen-bond acceptors (Lipinski definition) is 3. The smallest absolute Gasteiger partial charge is 0.0725 e. The summed E-state index contributed by atoms with van der Waals surface area (Å²) in [5.74, 6) is 0.742. The summed E-state index contributed by atoms with van der Waals surface area (Å²) in [4.78, 5) is 2.58. The molecule has 0 aromatic rings. The van der Waals surface area contributed by atoms with Gasteiger partial charge in [0, 0.05) is 13.2 Å². The van der Waals surface area contributed by atoms with E-state index in [4.69, 9.17) is 4.74 Å². The summed E-state index contributed by atoms with van der Waals surface area (Å²) in [6.07, 6.45) is 5.79. The van der Waals surface area contributed by atoms with Crippen LogP contribution in [0.5, 0.6) is 0 Å². The fraction of sp³-hybridized carbons (Fsp3) is 1.00. The van der Waals surface area contributed by atoms with E-state index in [1.165, 1.54) is 45.3 Å². The van der Waals surface area contributed by atoms with E-state index in [-0.39, 0.29) is 0 Å². The molecule has 94 valence electrons. The minimum atomic E-state index is 0.465. The van der Waals surface area contributed by atoms with Crippen molar-refractivity contribution in [3.8, 4) is 0 Å². The number of likely N-dealkylation sites (tertiary alicyclic amines) is 1. The van der Waals surface area contributed by atoms with Crippen molar-refractivity contribution in [3.63, 3.8) is 0 Å². The Morgan fingerprint density at radius 3 is 2.81 bits per heavy atom. The molecule has 1 N–H and O–H groups in total. The first-order valence-corrected chi connectivity index (χ1v) is 6.91. The van der Waals surface area contributed by atoms with E-state index < -0.39 is 0 Å². The fourth-order valence-corrected chi connectivity index (χ4v) is 2.69. The van der Waals surface area contributed by atoms with Crippen molar-refractivity contribution < 1.29 is 4.74 Å². The zero-order valence-electron chi connectivity index (χ0n) is 10.6. The Labute approximate surface area is 99.5 Å². The van der Waals surface area contributed by atoms with Gasteiger partial charge in [-0.2, -0.15) is 0 Å². The number of nitrogens with zero attached hydrogens (tertiary/aromatic N) is 1. The van der Waals surface area contributed by atoms with Gasteiger partial charge in [-0.15, -0.1) is 0 Å². The van der Waals surface area contributed by atoms with Crippen LogP contribution in [0.15, 0.2) is 0 Å². The van der Waals surface area contributed by atoms with Gasteiger partial charge < -0.3 is 15.0 Å². The standard InChI is InChI=1S/C13H26N2O/c1-12-5-10-16-13(12)11-14-6-4-9-15-7-2-3-8-15/h12-14H,2-11H2,1H3. The quantitative estimate of drug-likeness (QED) is 0.694. The molecule has 0 spiro atoms. The molecular weight excluding hydrogens is 200 g/mol. The molecule has 0 aromatic carbocycles. The van der Waals surface area contributed by atoms with Gasteiger partial charge in [0.1, 0.15) is 0 Å². The maximum Gasteiger partial charge on any atom is 0.0725 e. The molecule has 2 saturated heterocycles. The van der Waals surface area contributed by atoms with Crippen LogP contribution >= 0.6 is 0 Å². The summed E-state index contributed by atoms with van der Waals surface area (Å²) in [6.45, 7) is 9.36. The molecule has 0 aliphatic carbocycles. The second kappa shape index (κ2) is 6.58. The Kier molecular flexibility index (Phi) is 5.07. The van der Waals surface area contributed by atoms with Gasteiger partial charge in [-0.05, 0) is 57.8 Å². The highest BCUT2D eigenvalue weighted by Crippen LogP contribution is 2.18. The molecule has 0 bridgehead atoms. The molecule has 2 aliphatic heterocycles. The van der Waals surface area contributed by atoms with Crippen LogP contribution in [-0.4, -0.2) is 50.3 Å². The summed E-state index contributed by atoms with van der Waals surface area (Å²) in [7, 11) is 0. The Morgan fingerprint density at radius 1 is 1.31 bits per heavy atom. The Hall–Kier alpha value is -0.120. The van der Waals surface area contributed by atoms with Crippen molar-refractivity contribution in [2.45, 2.75) is 38.7 Å². The van der Waals surface area contributed by atoms with E-state index in [9.17, 15) is 0 Å². The number of nitrogens with one attached hydrogen (secondary N) is 1. The van der Waals surface area contributed by atoms with Gasteiger partial charge in [0.05, 0.1) is 6.10 Å². The highest BCUT2D eigenvalue weighted by molar-refractivity contribution is 4.74. The van der Waals surface area contributed by atoms with Gasteiger partial charge >= 0.3 is 0 Å². The van der Waals surface area contributed by atoms with Crippen molar-refractivity contribution in [2.24, 2.45) is 5.92 Å². The second-order valence-corrected chi connectivity index (χ2v) is 5.28. The predicted octanol–water partition coefficient (Wildman–Crippen LogP) is 1.49. The van der Waals surface area contributed by atoms with Crippen molar-refractivity contribution in [3.05, 3.63) is 0 Å². The summed E-state index contributed by atoms with van der Waals surface area (Å²) in [6, 6.07) is 0. The zero-order valence-corrected chi connectivity index (χ0v) is 10.6. The summed E-state index contributed by atoms with van der Waals surface area (Å²) in [5.41, 5.74) is 0. The molecule has 3 nitrogen and oxygen atoms in total. The highest BCUT2D eigenvalue weighted by Gasteiger charge is 2.23. The van der Waals surface area contributed by atoms with Gasteiger partial charge in [0.15, 0.2) is 0 Å². The van der Waals surface area contributed by atoms with E-state index in [0.29, 0.717) is 6.10 Å². The van der Waals surface area contributed by atoms with Crippen LogP contribution < -0.4 is 5.32 Å². The van der Waals surface area contributed by atoms with E-state index in [1.54, 1.807) is 0 Å². The summed E-state index contributed by atoms with van der Waals surface area (Å²) in [5, 5.41) is 3.53. The topological polar surface area (TPSA) is 24.5 Å². The lowest BCUT2D eigenvalue weighted by Crippen LogP contribution is -2.32. The molecule has 2 unspecified atom stereocenters. The molecule has 0 radical (unpaired) electrons. The monoisotopic (exact) mass is 226 g/mol. The van der Waals surface area contributed by atoms with Crippen LogP contribution in [0.3, 0.4) is 0 Å². The molecule has 3 heteroatoms. The Morgan fingerprint density at radius 2 is 2.12 bits per heavy atom. The van der Waals surface area contributed by atoms with Gasteiger partial charge in [0.2, 0.25) is 0 Å². The molecule has 2 atom stereocenters. The predicted molar refractivity (Wildman–Crippen MR) is 66.7 cm³/mol. The maximum absolute atomic E-state index is 5.67. The molecule has 0 saturated carbocycles. The zero-order chi connectivity index (χ0) is 11.2. The molecular formula is C13H26N2O. The third kappa shape index (κ3) is 3.72. The third-order valence-corrected chi connectivity index (χ3v) is 3.91. The summed E-state index contributed by atoms with van der Waals surface area (Å²) >= 11 is 0. The van der Waals surface area contributed by atoms with Crippen molar-refractivity contribution >= 4 is 0 Å². The van der Waals surface area contributed by atoms with E-state index in [1.807, 2.05) is 0 Å². The second-order valence-electron chi connectivity index (χ2n) is 5.28. The van der Waals surface area contributed by atoms with Crippen molar-refractivity contribution in [2.75, 3.05) is 39.3 Å². The molecule has 0 aromatic heterocycles. The lowest BCUT2D eigenvalue weighted by molar-refractivity contribution is 0.0933. The van der Waals surface area contributed by atoms with Crippen LogP contribution in [-0.2, 0) is 4.74 Å². The number of hydrogen-bond donors (Lipinski definition) is 1. The average Bonchev–Trinajstić information content (AvgIpc) is 2.90. The first-order chi connectivity index (χ1) is 7.86. The first-order valence-electron chi connectivity index (χ1n) is 6.91. The lowest BCUT2D eigenvalue weighted by atomic mass is 10.0. The van der Waals surface area contributed by atoms with E-state index >= 15 is 0 Å². The Bertz CT molecular complexity index is 192. The van der Waals surface area contributed by atoms with E-state index in [2.05, 4.69) is 17.1 Å². The largest absolute Gasteiger partial charge is 0.377 e. The van der Waals surface area contributed by atoms with Crippen LogP contribution in [0.4, 0.5) is 0 Å². The van der Waals surface area contributed by atoms with Gasteiger partial charge in [0.25, 0.3) is 0 Å². The molecule has 2 heterocycles. The number of rotatable bonds is 6. The molecule has 0 amide bonds. The normalized spacial score (nSPS) is 31.3. The minimum Gasteiger partial charge on any atom is -0.377 e. The van der Waals surface area contributed by atoms with Crippen molar-refractivity contribution in [1.29, 1.82) is 0 Å². The highest BCUT2D eigenvalue weighted by atomic mass is 16.5. The van der Waals surface area contributed by atoms with Crippen LogP contribution in [0.1, 0.15) is 32.6 Å². The van der Waals surface area contributed by atoms with Crippen LogP contribution in [0.2, 0.25) is 0 Å². The lowest BCUT2D eigenvalue weighted by Gasteiger charge is -2.17. The van der Waals surface area contributed by atoms with Crippen LogP contribution in [0.25, 0.3) is 0 Å². The SMILES string of the molecule is CC1CCOC1CNCCCN1CCCC1. The minimum absolute atomic E-state index is 0.465. The Balaban J connectivity index is 1.45. The molecule has 2 fully saturated rings. The third-order valence-electron chi connectivity index (χ3n) is 3.91. The molecule has 2 rings (SSSR count). The average molecular weight is 226 g/mol. The first kappa shape index (κ1) is 12.3. The maximum atomic E-state index is 5.67. The van der Waals surface area contributed by atoms with Gasteiger partial charge in [-0.1, -0.05) is 6.92 Å².